The maximum Gasteiger partial charge on any atom is 0.160 e. The van der Waals surface area contributed by atoms with Crippen LogP contribution in [-0.4, -0.2) is 9.97 Å². The van der Waals surface area contributed by atoms with Gasteiger partial charge in [0.15, 0.2) is 5.82 Å². The smallest absolute Gasteiger partial charge is 0.160 e. The molecule has 252 valence electrons. The van der Waals surface area contributed by atoms with Gasteiger partial charge < -0.3 is 0 Å². The summed E-state index contributed by atoms with van der Waals surface area (Å²) in [5.41, 5.74) is 14.7. The van der Waals surface area contributed by atoms with Gasteiger partial charge in [-0.2, -0.15) is 5.26 Å². The van der Waals surface area contributed by atoms with E-state index in [2.05, 4.69) is 158 Å². The van der Waals surface area contributed by atoms with Crippen molar-refractivity contribution in [2.24, 2.45) is 0 Å². The van der Waals surface area contributed by atoms with Crippen molar-refractivity contribution < 1.29 is 0 Å². The van der Waals surface area contributed by atoms with Crippen LogP contribution in [0.2, 0.25) is 0 Å². The molecule has 0 bridgehead atoms. The van der Waals surface area contributed by atoms with E-state index in [1.54, 1.807) is 0 Å². The third kappa shape index (κ3) is 6.45. The topological polar surface area (TPSA) is 49.6 Å². The average molecular weight is 688 g/mol. The summed E-state index contributed by atoms with van der Waals surface area (Å²) in [7, 11) is 0. The fourth-order valence-corrected chi connectivity index (χ4v) is 7.13. The van der Waals surface area contributed by atoms with E-state index < -0.39 is 0 Å². The van der Waals surface area contributed by atoms with Gasteiger partial charge in [-0.3, -0.25) is 0 Å². The molecular formula is C51H33N3. The molecule has 0 aliphatic carbocycles. The lowest BCUT2D eigenvalue weighted by Crippen LogP contribution is -1.96. The molecule has 0 aliphatic heterocycles. The van der Waals surface area contributed by atoms with Crippen LogP contribution in [0.1, 0.15) is 5.56 Å². The molecule has 8 aromatic carbocycles. The molecule has 0 unspecified atom stereocenters. The largest absolute Gasteiger partial charge is 0.228 e. The molecule has 1 heterocycles. The van der Waals surface area contributed by atoms with Crippen LogP contribution in [-0.2, 0) is 0 Å². The lowest BCUT2D eigenvalue weighted by atomic mass is 9.91. The minimum absolute atomic E-state index is 0.665. The number of hydrogen-bond acceptors (Lipinski definition) is 3. The molecule has 9 rings (SSSR count). The Hall–Kier alpha value is -7.41. The summed E-state index contributed by atoms with van der Waals surface area (Å²) < 4.78 is 0. The first-order valence-electron chi connectivity index (χ1n) is 18.0. The van der Waals surface area contributed by atoms with E-state index in [1.807, 2.05) is 48.5 Å². The molecule has 9 aromatic rings. The van der Waals surface area contributed by atoms with Crippen molar-refractivity contribution in [2.45, 2.75) is 0 Å². The molecule has 0 atom stereocenters. The van der Waals surface area contributed by atoms with Crippen LogP contribution in [0.4, 0.5) is 0 Å². The molecule has 0 saturated carbocycles. The quantitative estimate of drug-likeness (QED) is 0.168. The molecular weight excluding hydrogens is 655 g/mol. The van der Waals surface area contributed by atoms with E-state index in [1.165, 1.54) is 33.0 Å². The highest BCUT2D eigenvalue weighted by molar-refractivity contribution is 6.05. The summed E-state index contributed by atoms with van der Waals surface area (Å²) >= 11 is 0. The van der Waals surface area contributed by atoms with Crippen LogP contribution in [0, 0.1) is 11.3 Å². The summed E-state index contributed by atoms with van der Waals surface area (Å²) in [5, 5.41) is 11.6. The molecule has 1 aromatic heterocycles. The standard InChI is InChI=1S/C51H33N3/c52-34-35-15-17-37(18-16-35)39-19-23-40(24-20-39)45-31-32-46(48-14-8-7-13-47(45)48)41-25-29-43(30-26-41)50-33-49(53-51(54-50)44-11-5-2-6-12-44)42-27-21-38(22-28-42)36-9-3-1-4-10-36/h1-33H. The number of rotatable bonds is 7. The van der Waals surface area contributed by atoms with Crippen molar-refractivity contribution in [2.75, 3.05) is 0 Å². The Balaban J connectivity index is 1.05. The zero-order valence-electron chi connectivity index (χ0n) is 29.4. The Bertz CT molecular complexity index is 2760. The second-order valence-electron chi connectivity index (χ2n) is 13.3. The zero-order valence-corrected chi connectivity index (χ0v) is 29.4. The Morgan fingerprint density at radius 1 is 0.315 bits per heavy atom. The minimum atomic E-state index is 0.665. The number of nitriles is 1. The third-order valence-corrected chi connectivity index (χ3v) is 10.0. The summed E-state index contributed by atoms with van der Waals surface area (Å²) in [6.07, 6.45) is 0. The average Bonchev–Trinajstić information content (AvgIpc) is 3.27. The Labute approximate surface area is 315 Å². The van der Waals surface area contributed by atoms with E-state index in [-0.39, 0.29) is 0 Å². The normalized spacial score (nSPS) is 10.9. The fraction of sp³-hybridized carbons (Fsp3) is 0. The van der Waals surface area contributed by atoms with Crippen molar-refractivity contribution in [1.29, 1.82) is 5.26 Å². The van der Waals surface area contributed by atoms with Gasteiger partial charge >= 0.3 is 0 Å². The number of benzene rings is 8. The van der Waals surface area contributed by atoms with Crippen LogP contribution in [0.5, 0.6) is 0 Å². The van der Waals surface area contributed by atoms with Crippen LogP contribution in [0.3, 0.4) is 0 Å². The molecule has 3 heteroatoms. The van der Waals surface area contributed by atoms with Crippen LogP contribution in [0.25, 0.3) is 89.2 Å². The number of hydrogen-bond donors (Lipinski definition) is 0. The van der Waals surface area contributed by atoms with Gasteiger partial charge in [0.2, 0.25) is 0 Å². The maximum atomic E-state index is 9.17. The predicted octanol–water partition coefficient (Wildman–Crippen LogP) is 13.2. The highest BCUT2D eigenvalue weighted by Gasteiger charge is 2.13. The summed E-state index contributed by atoms with van der Waals surface area (Å²) in [4.78, 5) is 10.1. The highest BCUT2D eigenvalue weighted by Crippen LogP contribution is 2.37. The van der Waals surface area contributed by atoms with E-state index >= 15 is 0 Å². The number of aromatic nitrogens is 2. The third-order valence-electron chi connectivity index (χ3n) is 10.0. The Morgan fingerprint density at radius 2 is 0.667 bits per heavy atom. The number of fused-ring (bicyclic) bond motifs is 1. The van der Waals surface area contributed by atoms with Gasteiger partial charge in [0.25, 0.3) is 0 Å². The van der Waals surface area contributed by atoms with Gasteiger partial charge in [-0.25, -0.2) is 9.97 Å². The summed E-state index contributed by atoms with van der Waals surface area (Å²) in [6, 6.07) is 71.7. The van der Waals surface area contributed by atoms with Crippen LogP contribution < -0.4 is 0 Å². The maximum absolute atomic E-state index is 9.17. The van der Waals surface area contributed by atoms with E-state index in [4.69, 9.17) is 15.2 Å². The van der Waals surface area contributed by atoms with Gasteiger partial charge in [-0.05, 0) is 73.5 Å². The molecule has 0 N–H and O–H groups in total. The van der Waals surface area contributed by atoms with E-state index in [0.29, 0.717) is 11.4 Å². The van der Waals surface area contributed by atoms with Gasteiger partial charge in [0.05, 0.1) is 23.0 Å². The first-order valence-corrected chi connectivity index (χ1v) is 18.0. The second-order valence-corrected chi connectivity index (χ2v) is 13.3. The molecule has 3 nitrogen and oxygen atoms in total. The molecule has 0 saturated heterocycles. The first-order chi connectivity index (χ1) is 26.7. The van der Waals surface area contributed by atoms with Crippen molar-refractivity contribution >= 4 is 10.8 Å². The van der Waals surface area contributed by atoms with Crippen molar-refractivity contribution in [1.82, 2.24) is 9.97 Å². The number of nitrogens with zero attached hydrogens (tertiary/aromatic N) is 3. The lowest BCUT2D eigenvalue weighted by molar-refractivity contribution is 1.18. The molecule has 0 fully saturated rings. The van der Waals surface area contributed by atoms with Crippen molar-refractivity contribution in [3.8, 4) is 84.5 Å². The van der Waals surface area contributed by atoms with E-state index in [0.717, 1.165) is 50.3 Å². The van der Waals surface area contributed by atoms with Gasteiger partial charge in [0.1, 0.15) is 0 Å². The fourth-order valence-electron chi connectivity index (χ4n) is 7.13. The molecule has 0 amide bonds. The van der Waals surface area contributed by atoms with Crippen molar-refractivity contribution in [3.63, 3.8) is 0 Å². The summed E-state index contributed by atoms with van der Waals surface area (Å²) in [6.45, 7) is 0. The zero-order chi connectivity index (χ0) is 36.3. The Morgan fingerprint density at radius 3 is 1.11 bits per heavy atom. The van der Waals surface area contributed by atoms with Crippen LogP contribution >= 0.6 is 0 Å². The molecule has 0 aliphatic rings. The van der Waals surface area contributed by atoms with Crippen molar-refractivity contribution in [3.05, 3.63) is 206 Å². The minimum Gasteiger partial charge on any atom is -0.228 e. The first kappa shape index (κ1) is 32.5. The molecule has 0 spiro atoms. The lowest BCUT2D eigenvalue weighted by Gasteiger charge is -2.14. The van der Waals surface area contributed by atoms with Crippen LogP contribution in [0.15, 0.2) is 200 Å². The van der Waals surface area contributed by atoms with E-state index in [9.17, 15) is 0 Å². The van der Waals surface area contributed by atoms with Gasteiger partial charge in [-0.1, -0.05) is 182 Å². The monoisotopic (exact) mass is 687 g/mol. The summed E-state index contributed by atoms with van der Waals surface area (Å²) in [5.74, 6) is 0.700. The highest BCUT2D eigenvalue weighted by atomic mass is 14.9. The van der Waals surface area contributed by atoms with Gasteiger partial charge in [-0.15, -0.1) is 0 Å². The Kier molecular flexibility index (Phi) is 8.61. The van der Waals surface area contributed by atoms with Gasteiger partial charge in [0, 0.05) is 16.7 Å². The molecule has 54 heavy (non-hydrogen) atoms. The second kappa shape index (κ2) is 14.3. The predicted molar refractivity (Wildman–Crippen MR) is 222 cm³/mol. The molecule has 0 radical (unpaired) electrons. The SMILES string of the molecule is N#Cc1ccc(-c2ccc(-c3ccc(-c4ccc(-c5cc(-c6ccc(-c7ccccc7)cc6)nc(-c6ccccc6)n5)cc4)c4ccccc34)cc2)cc1.